The molecule has 4 aromatic heterocycles. The van der Waals surface area contributed by atoms with Gasteiger partial charge in [0.2, 0.25) is 23.7 Å². The first kappa shape index (κ1) is 58.8. The van der Waals surface area contributed by atoms with E-state index in [1.807, 2.05) is 0 Å². The molecule has 6 fully saturated rings. The number of phosphoric ester groups is 2. The lowest BCUT2D eigenvalue weighted by Gasteiger charge is -2.31. The van der Waals surface area contributed by atoms with Crippen molar-refractivity contribution in [2.45, 2.75) is 113 Å². The molecule has 6 aliphatic heterocycles. The summed E-state index contributed by atoms with van der Waals surface area (Å²) in [6, 6.07) is 9.67. The molecule has 452 valence electrons. The monoisotopic (exact) mass is 1230 g/mol. The molecule has 6 aromatic rings. The standard InChI is InChI=1S/2C24H25F3N5O9P/c2*1-3-35-19-16-18(30-21(28)31-19)32(11-29-16)20-23(2)17(39-22(33)40-23)15(38-20)10-37-42(34)36-9-8-14(41-42)12-6-4-5-7-13(12)24(25,26)27/h2*4-7,11,14-15,17,20H,3,8-10H2,1-2H3,(H2,28,30,31)/t14-,15+,17+,20+,23+,42+;14-,15-,17-,20-,23-,42+/m01/s1. The van der Waals surface area contributed by atoms with Crippen LogP contribution in [0.25, 0.3) is 22.3 Å². The van der Waals surface area contributed by atoms with Crippen molar-refractivity contribution in [1.29, 1.82) is 0 Å². The Hall–Kier alpha value is -7.00. The molecule has 0 unspecified atom stereocenters. The van der Waals surface area contributed by atoms with Gasteiger partial charge in [0.1, 0.15) is 12.2 Å². The molecule has 10 heterocycles. The molecular weight excluding hydrogens is 1180 g/mol. The molecule has 84 heavy (non-hydrogen) atoms. The summed E-state index contributed by atoms with van der Waals surface area (Å²) in [7, 11) is -8.75. The lowest BCUT2D eigenvalue weighted by molar-refractivity contribution is -0.140. The number of carbonyl (C=O) groups is 2. The van der Waals surface area contributed by atoms with Crippen LogP contribution in [-0.2, 0) is 77.0 Å². The second kappa shape index (κ2) is 22.1. The second-order valence-electron chi connectivity index (χ2n) is 19.6. The van der Waals surface area contributed by atoms with E-state index in [4.69, 9.17) is 76.5 Å². The number of fused-ring (bicyclic) bond motifs is 4. The van der Waals surface area contributed by atoms with Gasteiger partial charge < -0.3 is 49.4 Å². The van der Waals surface area contributed by atoms with Crippen molar-refractivity contribution < 1.29 is 110 Å². The normalized spacial score (nSPS) is 31.1. The van der Waals surface area contributed by atoms with E-state index in [2.05, 4.69) is 29.9 Å². The smallest absolute Gasteiger partial charge is 0.476 e. The van der Waals surface area contributed by atoms with Crippen molar-refractivity contribution in [3.8, 4) is 11.8 Å². The highest BCUT2D eigenvalue weighted by atomic mass is 31.2. The number of phosphoric acid groups is 2. The predicted molar refractivity (Wildman–Crippen MR) is 268 cm³/mol. The van der Waals surface area contributed by atoms with Gasteiger partial charge in [-0.2, -0.15) is 46.3 Å². The number of aromatic nitrogens is 8. The van der Waals surface area contributed by atoms with Gasteiger partial charge in [-0.3, -0.25) is 36.3 Å². The number of imidazole rings is 2. The lowest BCUT2D eigenvalue weighted by atomic mass is 9.96. The number of nitrogen functional groups attached to an aromatic ring is 2. The molecule has 0 radical (unpaired) electrons. The largest absolute Gasteiger partial charge is 0.509 e. The fourth-order valence-corrected chi connectivity index (χ4v) is 13.3. The topological polar surface area (TPSA) is 337 Å². The summed E-state index contributed by atoms with van der Waals surface area (Å²) in [4.78, 5) is 49.7. The van der Waals surface area contributed by atoms with Crippen LogP contribution in [0, 0.1) is 0 Å². The Morgan fingerprint density at radius 3 is 1.40 bits per heavy atom. The van der Waals surface area contributed by atoms with E-state index < -0.39 is 125 Å². The highest BCUT2D eigenvalue weighted by molar-refractivity contribution is 7.48. The molecule has 0 aliphatic carbocycles. The average molecular weight is 1230 g/mol. The first-order valence-electron chi connectivity index (χ1n) is 25.7. The Bertz CT molecular complexity index is 3370. The zero-order chi connectivity index (χ0) is 59.7. The number of alkyl halides is 6. The fourth-order valence-electron chi connectivity index (χ4n) is 10.5. The third-order valence-corrected chi connectivity index (χ3v) is 17.1. The van der Waals surface area contributed by atoms with Gasteiger partial charge in [0.05, 0.1) is 75.6 Å². The second-order valence-corrected chi connectivity index (χ2v) is 22.8. The molecule has 0 bridgehead atoms. The van der Waals surface area contributed by atoms with Crippen molar-refractivity contribution in [1.82, 2.24) is 39.0 Å². The first-order chi connectivity index (χ1) is 39.8. The highest BCUT2D eigenvalue weighted by Crippen LogP contribution is 2.61. The van der Waals surface area contributed by atoms with Crippen molar-refractivity contribution in [3.63, 3.8) is 0 Å². The number of benzene rings is 2. The molecule has 6 saturated heterocycles. The van der Waals surface area contributed by atoms with Gasteiger partial charge in [0.15, 0.2) is 58.2 Å². The van der Waals surface area contributed by atoms with Crippen molar-refractivity contribution in [2.75, 3.05) is 51.1 Å². The van der Waals surface area contributed by atoms with Crippen molar-refractivity contribution >= 4 is 62.2 Å². The van der Waals surface area contributed by atoms with Crippen LogP contribution in [-0.4, -0.2) is 127 Å². The van der Waals surface area contributed by atoms with Gasteiger partial charge in [-0.05, 0) is 51.0 Å². The molecule has 0 amide bonds. The SMILES string of the molecule is CCOc1nc(N)nc2c1ncn2[C@@H]1O[C@H](CO[P@@]2(=O)OCC[C@@H](c3ccccc3C(F)(F)F)O2)[C@H]2OC(=O)O[C@]21C.CCOc1nc(N)nc2c1ncn2[C@@H]1O[C@H](CO[P@]2(=O)OCC[C@H](c3ccccc3C(F)(F)F)O2)[C@H]2OC(=O)O[C@]21C. The van der Waals surface area contributed by atoms with Gasteiger partial charge in [0.25, 0.3) is 0 Å². The number of halogens is 6. The summed E-state index contributed by atoms with van der Waals surface area (Å²) in [5.41, 5.74) is 7.65. The number of ether oxygens (including phenoxy) is 8. The lowest BCUT2D eigenvalue weighted by Crippen LogP contribution is -2.42. The predicted octanol–water partition coefficient (Wildman–Crippen LogP) is 8.64. The van der Waals surface area contributed by atoms with Crippen LogP contribution in [0.1, 0.15) is 87.5 Å². The number of carbonyl (C=O) groups excluding carboxylic acids is 2. The van der Waals surface area contributed by atoms with E-state index in [0.29, 0.717) is 0 Å². The molecule has 0 spiro atoms. The van der Waals surface area contributed by atoms with E-state index in [0.717, 1.165) is 12.1 Å². The number of nitrogens with two attached hydrogens (primary N) is 2. The van der Waals surface area contributed by atoms with Crippen LogP contribution in [0.5, 0.6) is 11.8 Å². The van der Waals surface area contributed by atoms with Gasteiger partial charge in [-0.1, -0.05) is 36.4 Å². The van der Waals surface area contributed by atoms with Crippen LogP contribution < -0.4 is 20.9 Å². The van der Waals surface area contributed by atoms with Crippen LogP contribution in [0.15, 0.2) is 61.2 Å². The average Bonchev–Trinajstić information content (AvgIpc) is 2.17. The quantitative estimate of drug-likeness (QED) is 0.0585. The third kappa shape index (κ3) is 11.0. The van der Waals surface area contributed by atoms with Gasteiger partial charge >= 0.3 is 40.3 Å². The number of hydrogen-bond donors (Lipinski definition) is 2. The molecular formula is C48H50F6N10O18P2. The maximum Gasteiger partial charge on any atom is 0.509 e. The number of hydrogen-bond acceptors (Lipinski definition) is 26. The first-order valence-corrected chi connectivity index (χ1v) is 28.6. The number of rotatable bonds is 14. The molecule has 2 aromatic carbocycles. The minimum Gasteiger partial charge on any atom is -0.476 e. The summed E-state index contributed by atoms with van der Waals surface area (Å²) in [6.07, 6.45) is -17.3. The summed E-state index contributed by atoms with van der Waals surface area (Å²) in [6.45, 7) is 5.85. The fraction of sp³-hybridized carbons (Fsp3) is 0.500. The maximum absolute atomic E-state index is 13.6. The highest BCUT2D eigenvalue weighted by Gasteiger charge is 2.66. The summed E-state index contributed by atoms with van der Waals surface area (Å²) < 4.78 is 189. The third-order valence-electron chi connectivity index (χ3n) is 14.1. The van der Waals surface area contributed by atoms with Gasteiger partial charge in [-0.25, -0.2) is 28.7 Å². The Labute approximate surface area is 469 Å². The Morgan fingerprint density at radius 1 is 0.631 bits per heavy atom. The van der Waals surface area contributed by atoms with Crippen molar-refractivity contribution in [3.05, 3.63) is 83.4 Å². The molecule has 12 rings (SSSR count). The van der Waals surface area contributed by atoms with Crippen LogP contribution >= 0.6 is 15.6 Å². The summed E-state index contributed by atoms with van der Waals surface area (Å²) >= 11 is 0. The molecule has 4 N–H and O–H groups in total. The molecule has 6 aliphatic rings. The van der Waals surface area contributed by atoms with E-state index in [1.165, 1.54) is 58.2 Å². The number of nitrogens with zero attached hydrogens (tertiary/aromatic N) is 8. The molecule has 12 atom stereocenters. The van der Waals surface area contributed by atoms with Crippen molar-refractivity contribution in [2.24, 2.45) is 0 Å². The zero-order valence-electron chi connectivity index (χ0n) is 44.3. The van der Waals surface area contributed by atoms with Crippen LogP contribution in [0.2, 0.25) is 0 Å². The van der Waals surface area contributed by atoms with Crippen LogP contribution in [0.3, 0.4) is 0 Å². The van der Waals surface area contributed by atoms with Gasteiger partial charge in [-0.15, -0.1) is 0 Å². The molecule has 36 heteroatoms. The number of anilines is 2. The Morgan fingerprint density at radius 2 is 1.02 bits per heavy atom. The van der Waals surface area contributed by atoms with E-state index >= 15 is 0 Å². The minimum absolute atomic E-state index is 0.0109. The molecule has 0 saturated carbocycles. The van der Waals surface area contributed by atoms with E-state index in [9.17, 15) is 45.1 Å². The summed E-state index contributed by atoms with van der Waals surface area (Å²) in [5.74, 6) is 0.0882. The van der Waals surface area contributed by atoms with Crippen LogP contribution in [0.4, 0.5) is 47.8 Å². The maximum atomic E-state index is 13.6. The Balaban J connectivity index is 0.000000175. The van der Waals surface area contributed by atoms with Gasteiger partial charge in [0, 0.05) is 12.8 Å². The minimum atomic E-state index is -4.65. The van der Waals surface area contributed by atoms with E-state index in [-0.39, 0.29) is 96.4 Å². The summed E-state index contributed by atoms with van der Waals surface area (Å²) in [5, 5.41) is 0. The zero-order valence-corrected chi connectivity index (χ0v) is 46.1. The molecule has 28 nitrogen and oxygen atoms in total. The Kier molecular flexibility index (Phi) is 15.5. The van der Waals surface area contributed by atoms with E-state index in [1.54, 1.807) is 27.7 Å².